The molecule has 0 fully saturated rings. The Labute approximate surface area is 112 Å². The zero-order chi connectivity index (χ0) is 13.7. The van der Waals surface area contributed by atoms with E-state index in [1.165, 1.54) is 12.1 Å². The normalized spacial score (nSPS) is 16.7. The Bertz CT molecular complexity index is 439. The molecule has 0 amide bonds. The molecule has 1 aromatic rings. The van der Waals surface area contributed by atoms with Gasteiger partial charge in [0.05, 0.1) is 18.9 Å². The number of ether oxygens (including phenoxy) is 1. The van der Waals surface area contributed by atoms with Gasteiger partial charge in [-0.2, -0.15) is 0 Å². The molecule has 2 nitrogen and oxygen atoms in total. The highest BCUT2D eigenvalue weighted by atomic mass is 19.1. The Hall–Kier alpha value is -1.42. The number of hydrogen-bond acceptors (Lipinski definition) is 2. The van der Waals surface area contributed by atoms with Crippen molar-refractivity contribution >= 4 is 0 Å². The van der Waals surface area contributed by atoms with Crippen molar-refractivity contribution in [1.29, 1.82) is 0 Å². The second kappa shape index (κ2) is 6.66. The van der Waals surface area contributed by atoms with Gasteiger partial charge >= 0.3 is 0 Å². The molecule has 1 aliphatic rings. The van der Waals surface area contributed by atoms with Gasteiger partial charge in [0.15, 0.2) is 0 Å². The standard InChI is InChI=1S/C15H19F2NO/c1-2-5-18-15(11-4-3-6-19-10-11)12-7-13(16)9-14(17)8-12/h7-10,15,18H,2-6H2,1H3. The maximum Gasteiger partial charge on any atom is 0.126 e. The highest BCUT2D eigenvalue weighted by molar-refractivity contribution is 5.29. The maximum absolute atomic E-state index is 13.4. The number of nitrogens with one attached hydrogen (secondary N) is 1. The number of halogens is 2. The van der Waals surface area contributed by atoms with Gasteiger partial charge in [-0.05, 0) is 49.1 Å². The van der Waals surface area contributed by atoms with Crippen molar-refractivity contribution in [2.24, 2.45) is 0 Å². The van der Waals surface area contributed by atoms with Crippen LogP contribution in [-0.2, 0) is 4.74 Å². The van der Waals surface area contributed by atoms with Crippen LogP contribution in [0.4, 0.5) is 8.78 Å². The van der Waals surface area contributed by atoms with Gasteiger partial charge in [0, 0.05) is 6.07 Å². The second-order valence-corrected chi connectivity index (χ2v) is 4.76. The Morgan fingerprint density at radius 3 is 2.58 bits per heavy atom. The first-order valence-corrected chi connectivity index (χ1v) is 6.70. The highest BCUT2D eigenvalue weighted by Crippen LogP contribution is 2.28. The third kappa shape index (κ3) is 3.77. The monoisotopic (exact) mass is 267 g/mol. The zero-order valence-electron chi connectivity index (χ0n) is 11.1. The summed E-state index contributed by atoms with van der Waals surface area (Å²) in [7, 11) is 0. The van der Waals surface area contributed by atoms with E-state index >= 15 is 0 Å². The van der Waals surface area contributed by atoms with Crippen molar-refractivity contribution in [2.45, 2.75) is 32.2 Å². The zero-order valence-corrected chi connectivity index (χ0v) is 11.1. The fourth-order valence-corrected chi connectivity index (χ4v) is 2.29. The van der Waals surface area contributed by atoms with Crippen LogP contribution in [0.25, 0.3) is 0 Å². The summed E-state index contributed by atoms with van der Waals surface area (Å²) >= 11 is 0. The van der Waals surface area contributed by atoms with Crippen molar-refractivity contribution in [3.8, 4) is 0 Å². The van der Waals surface area contributed by atoms with Gasteiger partial charge < -0.3 is 10.1 Å². The third-order valence-electron chi connectivity index (χ3n) is 3.15. The predicted octanol–water partition coefficient (Wildman–Crippen LogP) is 3.70. The molecule has 1 aromatic carbocycles. The quantitative estimate of drug-likeness (QED) is 0.878. The smallest absolute Gasteiger partial charge is 0.126 e. The van der Waals surface area contributed by atoms with Crippen LogP contribution < -0.4 is 5.32 Å². The van der Waals surface area contributed by atoms with Crippen molar-refractivity contribution in [2.75, 3.05) is 13.2 Å². The summed E-state index contributed by atoms with van der Waals surface area (Å²) < 4.78 is 32.1. The molecule has 0 bridgehead atoms. The van der Waals surface area contributed by atoms with Crippen LogP contribution in [0.5, 0.6) is 0 Å². The lowest BCUT2D eigenvalue weighted by Gasteiger charge is -2.25. The van der Waals surface area contributed by atoms with E-state index in [1.54, 1.807) is 6.26 Å². The summed E-state index contributed by atoms with van der Waals surface area (Å²) in [5, 5.41) is 3.33. The molecule has 2 rings (SSSR count). The Balaban J connectivity index is 2.27. The first-order chi connectivity index (χ1) is 9.20. The molecule has 0 saturated heterocycles. The summed E-state index contributed by atoms with van der Waals surface area (Å²) in [6.45, 7) is 3.56. The molecule has 19 heavy (non-hydrogen) atoms. The summed E-state index contributed by atoms with van der Waals surface area (Å²) in [6, 6.07) is 3.48. The molecule has 0 aromatic heterocycles. The fourth-order valence-electron chi connectivity index (χ4n) is 2.29. The van der Waals surface area contributed by atoms with E-state index in [0.29, 0.717) is 12.2 Å². The minimum atomic E-state index is -0.546. The van der Waals surface area contributed by atoms with Crippen LogP contribution in [0.1, 0.15) is 37.8 Å². The topological polar surface area (TPSA) is 21.3 Å². The molecule has 1 heterocycles. The van der Waals surface area contributed by atoms with Gasteiger partial charge in [0.1, 0.15) is 11.6 Å². The van der Waals surface area contributed by atoms with Gasteiger partial charge in [-0.1, -0.05) is 6.92 Å². The van der Waals surface area contributed by atoms with Crippen LogP contribution in [0.15, 0.2) is 30.0 Å². The SMILES string of the molecule is CCCNC(C1=COCCC1)c1cc(F)cc(F)c1. The lowest BCUT2D eigenvalue weighted by atomic mass is 9.95. The van der Waals surface area contributed by atoms with E-state index in [2.05, 4.69) is 12.2 Å². The van der Waals surface area contributed by atoms with Gasteiger partial charge in [-0.3, -0.25) is 0 Å². The molecule has 1 atom stereocenters. The average molecular weight is 267 g/mol. The molecule has 1 aliphatic heterocycles. The Kier molecular flexibility index (Phi) is 4.91. The molecule has 1 unspecified atom stereocenters. The van der Waals surface area contributed by atoms with E-state index in [0.717, 1.165) is 37.4 Å². The minimum Gasteiger partial charge on any atom is -0.501 e. The number of rotatable bonds is 5. The molecule has 0 aliphatic carbocycles. The first kappa shape index (κ1) is 14.0. The summed E-state index contributed by atoms with van der Waals surface area (Å²) in [5.41, 5.74) is 1.66. The molecular weight excluding hydrogens is 248 g/mol. The highest BCUT2D eigenvalue weighted by Gasteiger charge is 2.19. The minimum absolute atomic E-state index is 0.176. The molecule has 104 valence electrons. The van der Waals surface area contributed by atoms with Crippen LogP contribution >= 0.6 is 0 Å². The second-order valence-electron chi connectivity index (χ2n) is 4.76. The van der Waals surface area contributed by atoms with Crippen LogP contribution in [0.2, 0.25) is 0 Å². The van der Waals surface area contributed by atoms with Crippen LogP contribution in [0.3, 0.4) is 0 Å². The van der Waals surface area contributed by atoms with Crippen molar-refractivity contribution in [1.82, 2.24) is 5.32 Å². The Morgan fingerprint density at radius 2 is 2.00 bits per heavy atom. The number of hydrogen-bond donors (Lipinski definition) is 1. The summed E-state index contributed by atoms with van der Waals surface area (Å²) in [6.07, 6.45) is 4.51. The maximum atomic E-state index is 13.4. The van der Waals surface area contributed by atoms with E-state index in [9.17, 15) is 8.78 Å². The summed E-state index contributed by atoms with van der Waals surface area (Å²) in [5.74, 6) is -1.09. The first-order valence-electron chi connectivity index (χ1n) is 6.70. The van der Waals surface area contributed by atoms with E-state index in [-0.39, 0.29) is 6.04 Å². The van der Waals surface area contributed by atoms with Crippen LogP contribution in [-0.4, -0.2) is 13.2 Å². The fraction of sp³-hybridized carbons (Fsp3) is 0.467. The van der Waals surface area contributed by atoms with Gasteiger partial charge in [0.2, 0.25) is 0 Å². The van der Waals surface area contributed by atoms with Gasteiger partial charge in [0.25, 0.3) is 0 Å². The molecule has 0 radical (unpaired) electrons. The predicted molar refractivity (Wildman–Crippen MR) is 70.7 cm³/mol. The number of benzene rings is 1. The van der Waals surface area contributed by atoms with Crippen molar-refractivity contribution in [3.63, 3.8) is 0 Å². The summed E-state index contributed by atoms with van der Waals surface area (Å²) in [4.78, 5) is 0. The van der Waals surface area contributed by atoms with Gasteiger partial charge in [-0.25, -0.2) is 8.78 Å². The molecule has 0 saturated carbocycles. The van der Waals surface area contributed by atoms with E-state index in [1.807, 2.05) is 0 Å². The molecular formula is C15H19F2NO. The molecule has 1 N–H and O–H groups in total. The van der Waals surface area contributed by atoms with E-state index in [4.69, 9.17) is 4.74 Å². The average Bonchev–Trinajstić information content (AvgIpc) is 2.39. The van der Waals surface area contributed by atoms with Gasteiger partial charge in [-0.15, -0.1) is 0 Å². The van der Waals surface area contributed by atoms with Crippen molar-refractivity contribution < 1.29 is 13.5 Å². The van der Waals surface area contributed by atoms with E-state index < -0.39 is 11.6 Å². The van der Waals surface area contributed by atoms with Crippen LogP contribution in [0, 0.1) is 11.6 Å². The molecule has 0 spiro atoms. The largest absolute Gasteiger partial charge is 0.501 e. The lowest BCUT2D eigenvalue weighted by Crippen LogP contribution is -2.25. The Morgan fingerprint density at radius 1 is 1.26 bits per heavy atom. The molecule has 4 heteroatoms. The third-order valence-corrected chi connectivity index (χ3v) is 3.15. The lowest BCUT2D eigenvalue weighted by molar-refractivity contribution is 0.219. The van der Waals surface area contributed by atoms with Crippen molar-refractivity contribution in [3.05, 3.63) is 47.2 Å².